The summed E-state index contributed by atoms with van der Waals surface area (Å²) in [6, 6.07) is 0.634. The summed E-state index contributed by atoms with van der Waals surface area (Å²) in [5.74, 6) is 2.75. The summed E-state index contributed by atoms with van der Waals surface area (Å²) in [5.41, 5.74) is -0.163. The molecule has 2 N–H and O–H groups in total. The van der Waals surface area contributed by atoms with E-state index in [1.54, 1.807) is 7.11 Å². The highest BCUT2D eigenvalue weighted by molar-refractivity contribution is 5.80. The van der Waals surface area contributed by atoms with Crippen molar-refractivity contribution in [3.05, 3.63) is 0 Å². The molecular weight excluding hydrogens is 250 g/mol. The molecule has 2 unspecified atom stereocenters. The number of nitrogens with zero attached hydrogens (tertiary/aromatic N) is 1. The van der Waals surface area contributed by atoms with Crippen LogP contribution in [0.1, 0.15) is 52.4 Å². The molecule has 2 fully saturated rings. The van der Waals surface area contributed by atoms with Crippen LogP contribution in [0, 0.1) is 11.8 Å². The molecule has 4 heteroatoms. The fraction of sp³-hybridized carbons (Fsp3) is 0.938. The fourth-order valence-corrected chi connectivity index (χ4v) is 3.20. The van der Waals surface area contributed by atoms with E-state index >= 15 is 0 Å². The zero-order valence-electron chi connectivity index (χ0n) is 13.5. The summed E-state index contributed by atoms with van der Waals surface area (Å²) in [6.07, 6.45) is 8.50. The number of aliphatic imine (C=N–C) groups is 1. The Hall–Kier alpha value is -0.770. The van der Waals surface area contributed by atoms with Gasteiger partial charge in [-0.05, 0) is 32.1 Å². The predicted molar refractivity (Wildman–Crippen MR) is 84.1 cm³/mol. The molecule has 20 heavy (non-hydrogen) atoms. The molecule has 0 radical (unpaired) electrons. The highest BCUT2D eigenvalue weighted by Crippen LogP contribution is 2.44. The second-order valence-electron chi connectivity index (χ2n) is 6.94. The van der Waals surface area contributed by atoms with Gasteiger partial charge in [-0.1, -0.05) is 32.1 Å². The number of nitrogens with one attached hydrogen (secondary N) is 2. The van der Waals surface area contributed by atoms with Crippen LogP contribution in [-0.2, 0) is 4.74 Å². The molecule has 0 heterocycles. The van der Waals surface area contributed by atoms with E-state index in [1.807, 2.05) is 7.05 Å². The maximum Gasteiger partial charge on any atom is 0.191 e. The van der Waals surface area contributed by atoms with Crippen molar-refractivity contribution in [1.29, 1.82) is 0 Å². The van der Waals surface area contributed by atoms with E-state index in [-0.39, 0.29) is 5.60 Å². The Kier molecular flexibility index (Phi) is 5.30. The molecule has 0 aromatic heterocycles. The van der Waals surface area contributed by atoms with E-state index < -0.39 is 0 Å². The van der Waals surface area contributed by atoms with Crippen LogP contribution >= 0.6 is 0 Å². The SMILES string of the molecule is CN=C(NCC(C)(C)OC)NC1CC1C1CCCCC1. The Labute approximate surface area is 123 Å². The lowest BCUT2D eigenvalue weighted by Gasteiger charge is -2.25. The molecule has 116 valence electrons. The van der Waals surface area contributed by atoms with Crippen molar-refractivity contribution in [3.63, 3.8) is 0 Å². The highest BCUT2D eigenvalue weighted by atomic mass is 16.5. The van der Waals surface area contributed by atoms with Gasteiger partial charge in [-0.2, -0.15) is 0 Å². The van der Waals surface area contributed by atoms with Gasteiger partial charge in [0.05, 0.1) is 5.60 Å². The predicted octanol–water partition coefficient (Wildman–Crippen LogP) is 2.55. The number of rotatable bonds is 5. The van der Waals surface area contributed by atoms with Crippen LogP contribution in [-0.4, -0.2) is 38.3 Å². The standard InChI is InChI=1S/C16H31N3O/c1-16(2,20-4)11-18-15(17-3)19-14-10-13(14)12-8-6-5-7-9-12/h12-14H,5-11H2,1-4H3,(H2,17,18,19). The van der Waals surface area contributed by atoms with Gasteiger partial charge in [0.15, 0.2) is 5.96 Å². The Morgan fingerprint density at radius 3 is 2.55 bits per heavy atom. The van der Waals surface area contributed by atoms with Gasteiger partial charge in [0, 0.05) is 26.7 Å². The Balaban J connectivity index is 1.72. The molecule has 2 rings (SSSR count). The first-order chi connectivity index (χ1) is 9.55. The lowest BCUT2D eigenvalue weighted by molar-refractivity contribution is 0.0268. The normalized spacial score (nSPS) is 28.3. The van der Waals surface area contributed by atoms with Crippen molar-refractivity contribution in [2.45, 2.75) is 64.0 Å². The van der Waals surface area contributed by atoms with E-state index in [4.69, 9.17) is 4.74 Å². The molecule has 0 aliphatic heterocycles. The molecule has 2 atom stereocenters. The lowest BCUT2D eigenvalue weighted by atomic mass is 9.85. The third-order valence-corrected chi connectivity index (χ3v) is 4.87. The third-order valence-electron chi connectivity index (χ3n) is 4.87. The van der Waals surface area contributed by atoms with Crippen LogP contribution < -0.4 is 10.6 Å². The maximum atomic E-state index is 5.42. The van der Waals surface area contributed by atoms with E-state index in [2.05, 4.69) is 29.5 Å². The molecule has 0 aromatic carbocycles. The summed E-state index contributed by atoms with van der Waals surface area (Å²) >= 11 is 0. The van der Waals surface area contributed by atoms with Crippen LogP contribution in [0.2, 0.25) is 0 Å². The molecule has 0 amide bonds. The first-order valence-corrected chi connectivity index (χ1v) is 8.08. The number of hydrogen-bond donors (Lipinski definition) is 2. The monoisotopic (exact) mass is 281 g/mol. The van der Waals surface area contributed by atoms with Crippen LogP contribution in [0.5, 0.6) is 0 Å². The van der Waals surface area contributed by atoms with Crippen molar-refractivity contribution >= 4 is 5.96 Å². The third kappa shape index (κ3) is 4.37. The molecule has 2 aliphatic rings. The summed E-state index contributed by atoms with van der Waals surface area (Å²) in [5, 5.41) is 6.94. The average molecular weight is 281 g/mol. The number of ether oxygens (including phenoxy) is 1. The largest absolute Gasteiger partial charge is 0.377 e. The topological polar surface area (TPSA) is 45.7 Å². The maximum absolute atomic E-state index is 5.42. The molecule has 2 aliphatic carbocycles. The summed E-state index contributed by atoms with van der Waals surface area (Å²) in [4.78, 5) is 4.32. The summed E-state index contributed by atoms with van der Waals surface area (Å²) in [6.45, 7) is 4.93. The first kappa shape index (κ1) is 15.6. The Bertz CT molecular complexity index is 335. The zero-order valence-corrected chi connectivity index (χ0v) is 13.5. The van der Waals surface area contributed by atoms with Crippen molar-refractivity contribution in [1.82, 2.24) is 10.6 Å². The molecule has 0 aromatic rings. The van der Waals surface area contributed by atoms with E-state index in [9.17, 15) is 0 Å². The minimum atomic E-state index is -0.163. The first-order valence-electron chi connectivity index (χ1n) is 8.08. The number of guanidine groups is 1. The van der Waals surface area contributed by atoms with Crippen LogP contribution in [0.3, 0.4) is 0 Å². The van der Waals surface area contributed by atoms with Gasteiger partial charge in [0.1, 0.15) is 0 Å². The van der Waals surface area contributed by atoms with Crippen molar-refractivity contribution < 1.29 is 4.74 Å². The van der Waals surface area contributed by atoms with Gasteiger partial charge in [0.25, 0.3) is 0 Å². The van der Waals surface area contributed by atoms with Gasteiger partial charge in [-0.25, -0.2) is 0 Å². The van der Waals surface area contributed by atoms with Crippen LogP contribution in [0.4, 0.5) is 0 Å². The smallest absolute Gasteiger partial charge is 0.191 e. The summed E-state index contributed by atoms with van der Waals surface area (Å²) < 4.78 is 5.42. The molecular formula is C16H31N3O. The van der Waals surface area contributed by atoms with Crippen molar-refractivity contribution in [2.75, 3.05) is 20.7 Å². The van der Waals surface area contributed by atoms with Gasteiger partial charge in [0.2, 0.25) is 0 Å². The van der Waals surface area contributed by atoms with Crippen LogP contribution in [0.25, 0.3) is 0 Å². The minimum Gasteiger partial charge on any atom is -0.377 e. The minimum absolute atomic E-state index is 0.163. The zero-order chi connectivity index (χ0) is 14.6. The quantitative estimate of drug-likeness (QED) is 0.601. The summed E-state index contributed by atoms with van der Waals surface area (Å²) in [7, 11) is 3.59. The van der Waals surface area contributed by atoms with E-state index in [0.29, 0.717) is 6.04 Å². The number of hydrogen-bond acceptors (Lipinski definition) is 2. The lowest BCUT2D eigenvalue weighted by Crippen LogP contribution is -2.46. The molecule has 2 saturated carbocycles. The average Bonchev–Trinajstić information content (AvgIpc) is 3.23. The van der Waals surface area contributed by atoms with Crippen molar-refractivity contribution in [3.8, 4) is 0 Å². The highest BCUT2D eigenvalue weighted by Gasteiger charge is 2.43. The molecule has 0 spiro atoms. The van der Waals surface area contributed by atoms with E-state index in [1.165, 1.54) is 38.5 Å². The number of methoxy groups -OCH3 is 1. The van der Waals surface area contributed by atoms with Gasteiger partial charge >= 0.3 is 0 Å². The van der Waals surface area contributed by atoms with Crippen LogP contribution in [0.15, 0.2) is 4.99 Å². The Morgan fingerprint density at radius 1 is 1.25 bits per heavy atom. The molecule has 0 saturated heterocycles. The molecule has 4 nitrogen and oxygen atoms in total. The second kappa shape index (κ2) is 6.79. The second-order valence-corrected chi connectivity index (χ2v) is 6.94. The molecule has 0 bridgehead atoms. The van der Waals surface area contributed by atoms with E-state index in [0.717, 1.165) is 24.3 Å². The fourth-order valence-electron chi connectivity index (χ4n) is 3.20. The van der Waals surface area contributed by atoms with Gasteiger partial charge < -0.3 is 15.4 Å². The van der Waals surface area contributed by atoms with Gasteiger partial charge in [-0.3, -0.25) is 4.99 Å². The van der Waals surface area contributed by atoms with Gasteiger partial charge in [-0.15, -0.1) is 0 Å². The van der Waals surface area contributed by atoms with Crippen molar-refractivity contribution in [2.24, 2.45) is 16.8 Å². The Morgan fingerprint density at radius 2 is 1.95 bits per heavy atom.